The van der Waals surface area contributed by atoms with Crippen molar-refractivity contribution in [2.45, 2.75) is 46.6 Å². The van der Waals surface area contributed by atoms with Gasteiger partial charge in [-0.1, -0.05) is 18.2 Å². The minimum Gasteiger partial charge on any atom is -0.453 e. The van der Waals surface area contributed by atoms with E-state index in [9.17, 15) is 14.4 Å². The van der Waals surface area contributed by atoms with Gasteiger partial charge in [0, 0.05) is 17.8 Å². The Balaban J connectivity index is 1.98. The standard InChI is InChI=1S/C21H23N3O4/c1-12-7-5-6-8-18(12)24-20(26)15(4)28-19(25)10-9-16-13(2)17(11-22)21(27)23-14(16)3/h5-8,15H,9-10H2,1-4H3,(H,23,27)(H,24,26). The monoisotopic (exact) mass is 381 g/mol. The number of pyridine rings is 1. The van der Waals surface area contributed by atoms with Crippen LogP contribution in [0.4, 0.5) is 5.69 Å². The third-order valence-corrected chi connectivity index (χ3v) is 4.58. The Bertz CT molecular complexity index is 1000. The molecule has 0 aliphatic heterocycles. The predicted octanol–water partition coefficient (Wildman–Crippen LogP) is 2.67. The Morgan fingerprint density at radius 1 is 1.25 bits per heavy atom. The van der Waals surface area contributed by atoms with Crippen molar-refractivity contribution < 1.29 is 14.3 Å². The van der Waals surface area contributed by atoms with Gasteiger partial charge in [-0.05, 0) is 56.9 Å². The Hall–Kier alpha value is -3.40. The lowest BCUT2D eigenvalue weighted by atomic mass is 9.99. The lowest BCUT2D eigenvalue weighted by Gasteiger charge is -2.15. The number of rotatable bonds is 6. The molecule has 2 rings (SSSR count). The highest BCUT2D eigenvalue weighted by atomic mass is 16.5. The molecule has 0 radical (unpaired) electrons. The van der Waals surface area contributed by atoms with E-state index in [2.05, 4.69) is 10.3 Å². The number of hydrogen-bond donors (Lipinski definition) is 2. The highest BCUT2D eigenvalue weighted by Crippen LogP contribution is 2.16. The van der Waals surface area contributed by atoms with E-state index >= 15 is 0 Å². The number of H-pyrrole nitrogens is 1. The van der Waals surface area contributed by atoms with E-state index in [1.807, 2.05) is 31.2 Å². The number of nitrogens with one attached hydrogen (secondary N) is 2. The minimum atomic E-state index is -0.945. The quantitative estimate of drug-likeness (QED) is 0.747. The van der Waals surface area contributed by atoms with Crippen LogP contribution in [-0.4, -0.2) is 23.0 Å². The lowest BCUT2D eigenvalue weighted by Crippen LogP contribution is -2.30. The predicted molar refractivity (Wildman–Crippen MR) is 105 cm³/mol. The fraction of sp³-hybridized carbons (Fsp3) is 0.333. The summed E-state index contributed by atoms with van der Waals surface area (Å²) < 4.78 is 5.22. The molecule has 1 atom stereocenters. The number of aromatic nitrogens is 1. The molecule has 2 aromatic rings. The van der Waals surface area contributed by atoms with Crippen LogP contribution in [0.5, 0.6) is 0 Å². The number of amides is 1. The van der Waals surface area contributed by atoms with E-state index in [-0.39, 0.29) is 12.0 Å². The molecule has 2 N–H and O–H groups in total. The second kappa shape index (κ2) is 9.00. The van der Waals surface area contributed by atoms with Crippen LogP contribution in [0.3, 0.4) is 0 Å². The van der Waals surface area contributed by atoms with Crippen LogP contribution in [0.2, 0.25) is 0 Å². The summed E-state index contributed by atoms with van der Waals surface area (Å²) in [5.41, 5.74) is 3.07. The van der Waals surface area contributed by atoms with E-state index in [0.717, 1.165) is 11.1 Å². The van der Waals surface area contributed by atoms with E-state index < -0.39 is 23.5 Å². The van der Waals surface area contributed by atoms with Gasteiger partial charge in [-0.25, -0.2) is 0 Å². The van der Waals surface area contributed by atoms with E-state index in [0.29, 0.717) is 23.4 Å². The number of nitrogens with zero attached hydrogens (tertiary/aromatic N) is 1. The van der Waals surface area contributed by atoms with Crippen molar-refractivity contribution in [1.29, 1.82) is 5.26 Å². The Labute approximate surface area is 163 Å². The number of aromatic amines is 1. The molecule has 1 unspecified atom stereocenters. The van der Waals surface area contributed by atoms with Gasteiger partial charge >= 0.3 is 5.97 Å². The van der Waals surface area contributed by atoms with Gasteiger partial charge in [0.05, 0.1) is 0 Å². The first-order valence-corrected chi connectivity index (χ1v) is 8.93. The smallest absolute Gasteiger partial charge is 0.306 e. The number of carbonyl (C=O) groups is 2. The molecule has 0 aliphatic rings. The maximum absolute atomic E-state index is 12.2. The van der Waals surface area contributed by atoms with Crippen LogP contribution >= 0.6 is 0 Å². The summed E-state index contributed by atoms with van der Waals surface area (Å²) in [6.07, 6.45) is -0.617. The summed E-state index contributed by atoms with van der Waals surface area (Å²) >= 11 is 0. The molecule has 1 heterocycles. The molecular formula is C21H23N3O4. The molecule has 28 heavy (non-hydrogen) atoms. The molecule has 0 fully saturated rings. The summed E-state index contributed by atoms with van der Waals surface area (Å²) in [5.74, 6) is -0.943. The molecule has 0 saturated carbocycles. The number of carbonyl (C=O) groups excluding carboxylic acids is 2. The Morgan fingerprint density at radius 2 is 1.93 bits per heavy atom. The number of anilines is 1. The molecular weight excluding hydrogens is 358 g/mol. The van der Waals surface area contributed by atoms with Crippen molar-refractivity contribution in [2.75, 3.05) is 5.32 Å². The molecule has 0 spiro atoms. The van der Waals surface area contributed by atoms with Crippen LogP contribution in [0.25, 0.3) is 0 Å². The van der Waals surface area contributed by atoms with Crippen molar-refractivity contribution in [1.82, 2.24) is 4.98 Å². The highest BCUT2D eigenvalue weighted by Gasteiger charge is 2.19. The third kappa shape index (κ3) is 4.86. The second-order valence-corrected chi connectivity index (χ2v) is 6.61. The summed E-state index contributed by atoms with van der Waals surface area (Å²) in [6, 6.07) is 9.20. The largest absolute Gasteiger partial charge is 0.453 e. The number of benzene rings is 1. The maximum atomic E-state index is 12.2. The Morgan fingerprint density at radius 3 is 2.57 bits per heavy atom. The third-order valence-electron chi connectivity index (χ3n) is 4.58. The van der Waals surface area contributed by atoms with Crippen molar-refractivity contribution in [3.63, 3.8) is 0 Å². The topological polar surface area (TPSA) is 112 Å². The molecule has 7 nitrogen and oxygen atoms in total. The summed E-state index contributed by atoms with van der Waals surface area (Å²) in [7, 11) is 0. The average Bonchev–Trinajstić information content (AvgIpc) is 2.63. The fourth-order valence-electron chi connectivity index (χ4n) is 2.90. The van der Waals surface area contributed by atoms with Crippen LogP contribution in [0.15, 0.2) is 29.1 Å². The minimum absolute atomic E-state index is 0.0284. The highest BCUT2D eigenvalue weighted by molar-refractivity contribution is 5.95. The van der Waals surface area contributed by atoms with Crippen molar-refractivity contribution in [3.05, 3.63) is 62.6 Å². The number of nitriles is 1. The Kier molecular flexibility index (Phi) is 6.72. The number of ether oxygens (including phenoxy) is 1. The number of para-hydroxylation sites is 1. The van der Waals surface area contributed by atoms with Crippen molar-refractivity contribution in [3.8, 4) is 6.07 Å². The van der Waals surface area contributed by atoms with Gasteiger partial charge < -0.3 is 15.0 Å². The molecule has 1 amide bonds. The lowest BCUT2D eigenvalue weighted by molar-refractivity contribution is -0.153. The van der Waals surface area contributed by atoms with E-state index in [1.165, 1.54) is 6.92 Å². The van der Waals surface area contributed by atoms with Gasteiger partial charge in [0.1, 0.15) is 11.6 Å². The fourth-order valence-corrected chi connectivity index (χ4v) is 2.90. The number of aryl methyl sites for hydroxylation is 2. The van der Waals surface area contributed by atoms with E-state index in [4.69, 9.17) is 10.00 Å². The molecule has 1 aromatic carbocycles. The molecule has 0 aliphatic carbocycles. The summed E-state index contributed by atoms with van der Waals surface area (Å²) in [4.78, 5) is 38.8. The molecule has 0 bridgehead atoms. The van der Waals surface area contributed by atoms with Gasteiger partial charge in [0.2, 0.25) is 0 Å². The van der Waals surface area contributed by atoms with Crippen LogP contribution in [0.1, 0.15) is 41.3 Å². The van der Waals surface area contributed by atoms with Gasteiger partial charge in [-0.2, -0.15) is 5.26 Å². The molecule has 1 aromatic heterocycles. The first-order valence-electron chi connectivity index (χ1n) is 8.93. The van der Waals surface area contributed by atoms with Crippen LogP contribution in [-0.2, 0) is 20.7 Å². The SMILES string of the molecule is Cc1ccccc1NC(=O)C(C)OC(=O)CCc1c(C)[nH]c(=O)c(C#N)c1C. The number of hydrogen-bond acceptors (Lipinski definition) is 5. The van der Waals surface area contributed by atoms with Gasteiger partial charge in [-0.15, -0.1) is 0 Å². The normalized spacial score (nSPS) is 11.4. The zero-order chi connectivity index (χ0) is 20.8. The summed E-state index contributed by atoms with van der Waals surface area (Å²) in [5, 5.41) is 11.8. The molecule has 7 heteroatoms. The van der Waals surface area contributed by atoms with Gasteiger partial charge in [0.25, 0.3) is 11.5 Å². The van der Waals surface area contributed by atoms with Crippen LogP contribution in [0, 0.1) is 32.1 Å². The van der Waals surface area contributed by atoms with Crippen LogP contribution < -0.4 is 10.9 Å². The first kappa shape index (κ1) is 20.9. The van der Waals surface area contributed by atoms with Crippen molar-refractivity contribution >= 4 is 17.6 Å². The van der Waals surface area contributed by atoms with E-state index in [1.54, 1.807) is 19.9 Å². The first-order chi connectivity index (χ1) is 13.2. The van der Waals surface area contributed by atoms with Gasteiger partial charge in [0.15, 0.2) is 6.10 Å². The molecule has 0 saturated heterocycles. The second-order valence-electron chi connectivity index (χ2n) is 6.61. The maximum Gasteiger partial charge on any atom is 0.306 e. The summed E-state index contributed by atoms with van der Waals surface area (Å²) in [6.45, 7) is 6.78. The molecule has 146 valence electrons. The number of esters is 1. The van der Waals surface area contributed by atoms with Gasteiger partial charge in [-0.3, -0.25) is 14.4 Å². The zero-order valence-electron chi connectivity index (χ0n) is 16.4. The average molecular weight is 381 g/mol. The zero-order valence-corrected chi connectivity index (χ0v) is 16.4. The van der Waals surface area contributed by atoms with Crippen molar-refractivity contribution in [2.24, 2.45) is 0 Å².